The Morgan fingerprint density at radius 1 is 1.19 bits per heavy atom. The van der Waals surface area contributed by atoms with Crippen LogP contribution >= 0.6 is 0 Å². The van der Waals surface area contributed by atoms with E-state index in [2.05, 4.69) is 16.0 Å². The zero-order valence-corrected chi connectivity index (χ0v) is 11.6. The monoisotopic (exact) mass is 274 g/mol. The molecule has 0 unspecified atom stereocenters. The summed E-state index contributed by atoms with van der Waals surface area (Å²) in [6.45, 7) is 2.03. The lowest BCUT2D eigenvalue weighted by atomic mass is 10.0. The van der Waals surface area contributed by atoms with Gasteiger partial charge in [-0.05, 0) is 31.2 Å². The van der Waals surface area contributed by atoms with Gasteiger partial charge in [-0.3, -0.25) is 0 Å². The van der Waals surface area contributed by atoms with Gasteiger partial charge in [-0.25, -0.2) is 4.98 Å². The second-order valence-corrected chi connectivity index (χ2v) is 4.88. The average Bonchev–Trinajstić information content (AvgIpc) is 3.00. The van der Waals surface area contributed by atoms with Crippen LogP contribution in [0.3, 0.4) is 0 Å². The predicted molar refractivity (Wildman–Crippen MR) is 83.3 cm³/mol. The molecule has 0 bridgehead atoms. The number of nitrogens with one attached hydrogen (secondary N) is 1. The lowest BCUT2D eigenvalue weighted by Gasteiger charge is -2.09. The fourth-order valence-corrected chi connectivity index (χ4v) is 2.34. The number of nitrogen functional groups attached to an aromatic ring is 1. The fourth-order valence-electron chi connectivity index (χ4n) is 2.34. The molecule has 4 heteroatoms. The summed E-state index contributed by atoms with van der Waals surface area (Å²) in [5.74, 6) is 0.251. The van der Waals surface area contributed by atoms with Crippen molar-refractivity contribution in [1.82, 2.24) is 9.97 Å². The summed E-state index contributed by atoms with van der Waals surface area (Å²) in [6.07, 6.45) is 1.82. The van der Waals surface area contributed by atoms with Gasteiger partial charge in [0.1, 0.15) is 17.5 Å². The highest BCUT2D eigenvalue weighted by atomic mass is 14.9. The first-order chi connectivity index (χ1) is 10.2. The maximum absolute atomic E-state index is 9.32. The molecule has 0 atom stereocenters. The summed E-state index contributed by atoms with van der Waals surface area (Å²) in [5.41, 5.74) is 10.9. The molecule has 3 N–H and O–H groups in total. The van der Waals surface area contributed by atoms with Crippen LogP contribution in [0, 0.1) is 18.3 Å². The Kier molecular flexibility index (Phi) is 3.17. The van der Waals surface area contributed by atoms with E-state index in [0.29, 0.717) is 5.56 Å². The highest BCUT2D eigenvalue weighted by molar-refractivity contribution is 5.78. The lowest BCUT2D eigenvalue weighted by Crippen LogP contribution is -2.00. The van der Waals surface area contributed by atoms with Crippen molar-refractivity contribution in [3.05, 3.63) is 59.8 Å². The van der Waals surface area contributed by atoms with Gasteiger partial charge in [0.2, 0.25) is 0 Å². The van der Waals surface area contributed by atoms with Crippen molar-refractivity contribution in [1.29, 1.82) is 5.26 Å². The van der Waals surface area contributed by atoms with Crippen LogP contribution in [-0.2, 0) is 0 Å². The first-order valence-electron chi connectivity index (χ1n) is 6.60. The van der Waals surface area contributed by atoms with Gasteiger partial charge in [-0.2, -0.15) is 5.26 Å². The number of aryl methyl sites for hydroxylation is 1. The van der Waals surface area contributed by atoms with E-state index >= 15 is 0 Å². The number of H-pyrrole nitrogens is 1. The molecular weight excluding hydrogens is 260 g/mol. The molecule has 4 nitrogen and oxygen atoms in total. The maximum atomic E-state index is 9.32. The Balaban J connectivity index is 2.23. The Hall–Kier alpha value is -3.06. The second kappa shape index (κ2) is 5.14. The number of nitrogens with two attached hydrogens (primary N) is 1. The van der Waals surface area contributed by atoms with Gasteiger partial charge in [0.25, 0.3) is 0 Å². The van der Waals surface area contributed by atoms with E-state index < -0.39 is 0 Å². The van der Waals surface area contributed by atoms with Crippen LogP contribution in [0.15, 0.2) is 48.7 Å². The first kappa shape index (κ1) is 12.9. The third-order valence-corrected chi connectivity index (χ3v) is 3.36. The van der Waals surface area contributed by atoms with Crippen LogP contribution in [0.2, 0.25) is 0 Å². The predicted octanol–water partition coefficient (Wildman–Crippen LogP) is 3.51. The van der Waals surface area contributed by atoms with Crippen molar-refractivity contribution < 1.29 is 0 Å². The molecule has 1 aromatic carbocycles. The molecule has 0 aliphatic carbocycles. The number of nitrogens with zero attached hydrogens (tertiary/aromatic N) is 2. The lowest BCUT2D eigenvalue weighted by molar-refractivity contribution is 1.29. The summed E-state index contributed by atoms with van der Waals surface area (Å²) < 4.78 is 0. The Morgan fingerprint density at radius 2 is 2.05 bits per heavy atom. The highest BCUT2D eigenvalue weighted by Crippen LogP contribution is 2.30. The Bertz CT molecular complexity index is 826. The maximum Gasteiger partial charge on any atom is 0.142 e. The summed E-state index contributed by atoms with van der Waals surface area (Å²) in [4.78, 5) is 7.48. The van der Waals surface area contributed by atoms with Crippen molar-refractivity contribution in [2.24, 2.45) is 0 Å². The highest BCUT2D eigenvalue weighted by Gasteiger charge is 2.13. The summed E-state index contributed by atoms with van der Waals surface area (Å²) in [7, 11) is 0. The topological polar surface area (TPSA) is 78.5 Å². The second-order valence-electron chi connectivity index (χ2n) is 4.88. The molecule has 0 fully saturated rings. The number of anilines is 1. The quantitative estimate of drug-likeness (QED) is 0.750. The molecule has 2 aromatic heterocycles. The molecule has 0 amide bonds. The summed E-state index contributed by atoms with van der Waals surface area (Å²) >= 11 is 0. The average molecular weight is 274 g/mol. The molecule has 0 saturated heterocycles. The third-order valence-electron chi connectivity index (χ3n) is 3.36. The first-order valence-corrected chi connectivity index (χ1v) is 6.60. The van der Waals surface area contributed by atoms with Gasteiger partial charge in [-0.15, -0.1) is 0 Å². The number of hydrogen-bond acceptors (Lipinski definition) is 3. The zero-order chi connectivity index (χ0) is 14.8. The molecule has 0 aliphatic rings. The smallest absolute Gasteiger partial charge is 0.142 e. The molecule has 0 radical (unpaired) electrons. The number of benzene rings is 1. The van der Waals surface area contributed by atoms with Gasteiger partial charge in [0.15, 0.2) is 0 Å². The standard InChI is InChI=1S/C17H14N4/c1-11-4-2-5-12(8-11)16-9-13(15-6-3-7-20-15)14(10-18)17(19)21-16/h2-9,20H,1H3,(H2,19,21). The van der Waals surface area contributed by atoms with Gasteiger partial charge in [0.05, 0.1) is 5.69 Å². The number of rotatable bonds is 2. The van der Waals surface area contributed by atoms with Crippen molar-refractivity contribution in [2.75, 3.05) is 5.73 Å². The largest absolute Gasteiger partial charge is 0.383 e. The van der Waals surface area contributed by atoms with Crippen LogP contribution in [-0.4, -0.2) is 9.97 Å². The molecule has 3 aromatic rings. The van der Waals surface area contributed by atoms with Crippen LogP contribution in [0.25, 0.3) is 22.5 Å². The minimum absolute atomic E-state index is 0.251. The molecule has 0 spiro atoms. The van der Waals surface area contributed by atoms with Crippen molar-refractivity contribution >= 4 is 5.82 Å². The van der Waals surface area contributed by atoms with Crippen LogP contribution in [0.4, 0.5) is 5.82 Å². The molecule has 0 saturated carbocycles. The van der Waals surface area contributed by atoms with E-state index in [0.717, 1.165) is 28.1 Å². The molecule has 2 heterocycles. The molecule has 102 valence electrons. The van der Waals surface area contributed by atoms with Gasteiger partial charge in [-0.1, -0.05) is 23.8 Å². The van der Waals surface area contributed by atoms with Crippen LogP contribution in [0.5, 0.6) is 0 Å². The van der Waals surface area contributed by atoms with Gasteiger partial charge < -0.3 is 10.7 Å². The fraction of sp³-hybridized carbons (Fsp3) is 0.0588. The van der Waals surface area contributed by atoms with Crippen molar-refractivity contribution in [2.45, 2.75) is 6.92 Å². The number of aromatic amines is 1. The van der Waals surface area contributed by atoms with Gasteiger partial charge >= 0.3 is 0 Å². The molecule has 21 heavy (non-hydrogen) atoms. The summed E-state index contributed by atoms with van der Waals surface area (Å²) in [5, 5.41) is 9.32. The van der Waals surface area contributed by atoms with E-state index in [1.54, 1.807) is 0 Å². The Labute approximate surface area is 122 Å². The molecule has 3 rings (SSSR count). The minimum Gasteiger partial charge on any atom is -0.383 e. The van der Waals surface area contributed by atoms with E-state index in [-0.39, 0.29) is 5.82 Å². The van der Waals surface area contributed by atoms with E-state index in [1.165, 1.54) is 0 Å². The van der Waals surface area contributed by atoms with Crippen LogP contribution < -0.4 is 5.73 Å². The summed E-state index contributed by atoms with van der Waals surface area (Å²) in [6, 6.07) is 15.9. The Morgan fingerprint density at radius 3 is 2.71 bits per heavy atom. The number of hydrogen-bond donors (Lipinski definition) is 2. The number of pyridine rings is 1. The van der Waals surface area contributed by atoms with E-state index in [1.807, 2.05) is 55.6 Å². The van der Waals surface area contributed by atoms with Crippen LogP contribution in [0.1, 0.15) is 11.1 Å². The van der Waals surface area contributed by atoms with Crippen molar-refractivity contribution in [3.8, 4) is 28.6 Å². The van der Waals surface area contributed by atoms with E-state index in [4.69, 9.17) is 5.73 Å². The minimum atomic E-state index is 0.251. The number of nitriles is 1. The third kappa shape index (κ3) is 2.37. The molecular formula is C17H14N4. The van der Waals surface area contributed by atoms with E-state index in [9.17, 15) is 5.26 Å². The normalized spacial score (nSPS) is 10.3. The number of aromatic nitrogens is 2. The van der Waals surface area contributed by atoms with Crippen molar-refractivity contribution in [3.63, 3.8) is 0 Å². The molecule has 0 aliphatic heterocycles. The van der Waals surface area contributed by atoms with Gasteiger partial charge in [0, 0.05) is 23.0 Å². The zero-order valence-electron chi connectivity index (χ0n) is 11.6. The SMILES string of the molecule is Cc1cccc(-c2cc(-c3ccc[nH]3)c(C#N)c(N)n2)c1.